The Morgan fingerprint density at radius 1 is 1.18 bits per heavy atom. The number of nitrogens with zero attached hydrogens (tertiary/aromatic N) is 1. The van der Waals surface area contributed by atoms with E-state index in [2.05, 4.69) is 18.7 Å². The van der Waals surface area contributed by atoms with Crippen LogP contribution in [-0.2, 0) is 0 Å². The van der Waals surface area contributed by atoms with E-state index in [0.29, 0.717) is 30.3 Å². The van der Waals surface area contributed by atoms with Crippen LogP contribution in [0.2, 0.25) is 0 Å². The molecular weight excluding hydrogens is 278 g/mol. The van der Waals surface area contributed by atoms with E-state index < -0.39 is 0 Å². The SMILES string of the molecule is CCOc1cc(C=O)ccc1OCCN1CC(C)CC(C)C1. The zero-order valence-electron chi connectivity index (χ0n) is 13.9. The fraction of sp³-hybridized carbons (Fsp3) is 0.611. The smallest absolute Gasteiger partial charge is 0.161 e. The van der Waals surface area contributed by atoms with Gasteiger partial charge in [-0.3, -0.25) is 9.69 Å². The molecule has 0 spiro atoms. The summed E-state index contributed by atoms with van der Waals surface area (Å²) in [4.78, 5) is 13.3. The van der Waals surface area contributed by atoms with E-state index in [9.17, 15) is 4.79 Å². The lowest BCUT2D eigenvalue weighted by molar-refractivity contribution is 0.112. The van der Waals surface area contributed by atoms with Crippen molar-refractivity contribution in [3.63, 3.8) is 0 Å². The summed E-state index contributed by atoms with van der Waals surface area (Å²) in [6, 6.07) is 5.31. The molecule has 2 unspecified atom stereocenters. The van der Waals surface area contributed by atoms with Gasteiger partial charge in [-0.05, 0) is 43.4 Å². The maximum absolute atomic E-state index is 10.9. The summed E-state index contributed by atoms with van der Waals surface area (Å²) in [6.07, 6.45) is 2.14. The average molecular weight is 305 g/mol. The highest BCUT2D eigenvalue weighted by atomic mass is 16.5. The first-order chi connectivity index (χ1) is 10.6. The monoisotopic (exact) mass is 305 g/mol. The van der Waals surface area contributed by atoms with E-state index >= 15 is 0 Å². The summed E-state index contributed by atoms with van der Waals surface area (Å²) >= 11 is 0. The molecule has 1 aromatic rings. The third-order valence-corrected chi connectivity index (χ3v) is 4.01. The number of hydrogen-bond donors (Lipinski definition) is 0. The third-order valence-electron chi connectivity index (χ3n) is 4.01. The van der Waals surface area contributed by atoms with Gasteiger partial charge in [-0.2, -0.15) is 0 Å². The lowest BCUT2D eigenvalue weighted by Crippen LogP contribution is -2.40. The molecule has 2 atom stereocenters. The van der Waals surface area contributed by atoms with Gasteiger partial charge in [0, 0.05) is 25.2 Å². The largest absolute Gasteiger partial charge is 0.490 e. The Morgan fingerprint density at radius 2 is 1.91 bits per heavy atom. The summed E-state index contributed by atoms with van der Waals surface area (Å²) in [7, 11) is 0. The van der Waals surface area contributed by atoms with E-state index in [-0.39, 0.29) is 0 Å². The van der Waals surface area contributed by atoms with Crippen LogP contribution in [0.4, 0.5) is 0 Å². The van der Waals surface area contributed by atoms with E-state index in [4.69, 9.17) is 9.47 Å². The van der Waals surface area contributed by atoms with Gasteiger partial charge in [0.25, 0.3) is 0 Å². The van der Waals surface area contributed by atoms with Gasteiger partial charge in [0.05, 0.1) is 6.61 Å². The van der Waals surface area contributed by atoms with Crippen molar-refractivity contribution >= 4 is 6.29 Å². The van der Waals surface area contributed by atoms with Crippen LogP contribution >= 0.6 is 0 Å². The van der Waals surface area contributed by atoms with E-state index in [1.54, 1.807) is 12.1 Å². The molecule has 122 valence electrons. The number of ether oxygens (including phenoxy) is 2. The van der Waals surface area contributed by atoms with Crippen LogP contribution in [0, 0.1) is 11.8 Å². The van der Waals surface area contributed by atoms with Gasteiger partial charge < -0.3 is 9.47 Å². The molecule has 4 nitrogen and oxygen atoms in total. The Bertz CT molecular complexity index is 479. The number of piperidine rings is 1. The molecule has 2 rings (SSSR count). The van der Waals surface area contributed by atoms with Crippen molar-refractivity contribution in [2.24, 2.45) is 11.8 Å². The maximum atomic E-state index is 10.9. The van der Waals surface area contributed by atoms with E-state index in [0.717, 1.165) is 37.8 Å². The van der Waals surface area contributed by atoms with Crippen molar-refractivity contribution in [2.45, 2.75) is 27.2 Å². The van der Waals surface area contributed by atoms with Gasteiger partial charge in [-0.25, -0.2) is 0 Å². The second-order valence-corrected chi connectivity index (χ2v) is 6.31. The van der Waals surface area contributed by atoms with Gasteiger partial charge >= 0.3 is 0 Å². The van der Waals surface area contributed by atoms with Crippen molar-refractivity contribution in [3.8, 4) is 11.5 Å². The van der Waals surface area contributed by atoms with Crippen LogP contribution in [0.15, 0.2) is 18.2 Å². The molecule has 0 aromatic heterocycles. The number of benzene rings is 1. The van der Waals surface area contributed by atoms with Crippen molar-refractivity contribution in [1.82, 2.24) is 4.90 Å². The molecule has 4 heteroatoms. The topological polar surface area (TPSA) is 38.8 Å². The lowest BCUT2D eigenvalue weighted by atomic mass is 9.92. The summed E-state index contributed by atoms with van der Waals surface area (Å²) < 4.78 is 11.4. The summed E-state index contributed by atoms with van der Waals surface area (Å²) in [5.41, 5.74) is 0.606. The highest BCUT2D eigenvalue weighted by molar-refractivity contribution is 5.76. The molecule has 0 radical (unpaired) electrons. The lowest BCUT2D eigenvalue weighted by Gasteiger charge is -2.34. The molecule has 1 aliphatic rings. The molecule has 0 amide bonds. The molecule has 1 aliphatic heterocycles. The molecule has 0 N–H and O–H groups in total. The normalized spacial score (nSPS) is 22.3. The molecule has 1 fully saturated rings. The van der Waals surface area contributed by atoms with Gasteiger partial charge in [0.1, 0.15) is 12.9 Å². The Morgan fingerprint density at radius 3 is 2.55 bits per heavy atom. The van der Waals surface area contributed by atoms with Crippen molar-refractivity contribution in [1.29, 1.82) is 0 Å². The predicted molar refractivity (Wildman–Crippen MR) is 87.9 cm³/mol. The zero-order valence-corrected chi connectivity index (χ0v) is 13.9. The van der Waals surface area contributed by atoms with Crippen LogP contribution in [-0.4, -0.2) is 44.0 Å². The Hall–Kier alpha value is -1.55. The number of carbonyl (C=O) groups is 1. The van der Waals surface area contributed by atoms with Crippen LogP contribution in [0.3, 0.4) is 0 Å². The first-order valence-electron chi connectivity index (χ1n) is 8.19. The predicted octanol–water partition coefficient (Wildman–Crippen LogP) is 3.25. The van der Waals surface area contributed by atoms with Crippen molar-refractivity contribution < 1.29 is 14.3 Å². The second-order valence-electron chi connectivity index (χ2n) is 6.31. The first-order valence-corrected chi connectivity index (χ1v) is 8.19. The molecular formula is C18H27NO3. The number of aldehydes is 1. The molecule has 1 aromatic carbocycles. The summed E-state index contributed by atoms with van der Waals surface area (Å²) in [6.45, 7) is 11.0. The van der Waals surface area contributed by atoms with Gasteiger partial charge in [0.15, 0.2) is 11.5 Å². The minimum Gasteiger partial charge on any atom is -0.490 e. The van der Waals surface area contributed by atoms with Crippen LogP contribution in [0.1, 0.15) is 37.6 Å². The first kappa shape index (κ1) is 16.8. The van der Waals surface area contributed by atoms with Crippen LogP contribution in [0.25, 0.3) is 0 Å². The Labute approximate surface area is 133 Å². The van der Waals surface area contributed by atoms with Crippen molar-refractivity contribution in [2.75, 3.05) is 32.8 Å². The van der Waals surface area contributed by atoms with Crippen LogP contribution < -0.4 is 9.47 Å². The standard InChI is InChI=1S/C18H27NO3/c1-4-21-18-10-16(13-20)5-6-17(18)22-8-7-19-11-14(2)9-15(3)12-19/h5-6,10,13-15H,4,7-9,11-12H2,1-3H3. The molecule has 1 heterocycles. The third kappa shape index (κ3) is 4.73. The average Bonchev–Trinajstić information content (AvgIpc) is 2.48. The second kappa shape index (κ2) is 8.18. The molecule has 0 aliphatic carbocycles. The molecule has 1 saturated heterocycles. The van der Waals surface area contributed by atoms with Crippen LogP contribution in [0.5, 0.6) is 11.5 Å². The maximum Gasteiger partial charge on any atom is 0.161 e. The number of hydrogen-bond acceptors (Lipinski definition) is 4. The van der Waals surface area contributed by atoms with Crippen molar-refractivity contribution in [3.05, 3.63) is 23.8 Å². The Kier molecular flexibility index (Phi) is 6.25. The molecule has 0 saturated carbocycles. The van der Waals surface area contributed by atoms with Gasteiger partial charge in [-0.1, -0.05) is 13.8 Å². The summed E-state index contributed by atoms with van der Waals surface area (Å²) in [5, 5.41) is 0. The van der Waals surface area contributed by atoms with E-state index in [1.165, 1.54) is 6.42 Å². The zero-order chi connectivity index (χ0) is 15.9. The number of likely N-dealkylation sites (tertiary alicyclic amines) is 1. The minimum absolute atomic E-state index is 0.555. The van der Waals surface area contributed by atoms with Gasteiger partial charge in [-0.15, -0.1) is 0 Å². The fourth-order valence-corrected chi connectivity index (χ4v) is 3.24. The number of rotatable bonds is 7. The molecule has 0 bridgehead atoms. The quantitative estimate of drug-likeness (QED) is 0.725. The summed E-state index contributed by atoms with van der Waals surface area (Å²) in [5.74, 6) is 2.88. The highest BCUT2D eigenvalue weighted by Crippen LogP contribution is 2.28. The molecule has 22 heavy (non-hydrogen) atoms. The Balaban J connectivity index is 1.89. The van der Waals surface area contributed by atoms with E-state index in [1.807, 2.05) is 13.0 Å². The number of carbonyl (C=O) groups excluding carboxylic acids is 1. The highest BCUT2D eigenvalue weighted by Gasteiger charge is 2.21. The minimum atomic E-state index is 0.555. The van der Waals surface area contributed by atoms with Gasteiger partial charge in [0.2, 0.25) is 0 Å². The fourth-order valence-electron chi connectivity index (χ4n) is 3.24.